The summed E-state index contributed by atoms with van der Waals surface area (Å²) < 4.78 is 43.8. The minimum atomic E-state index is -0.696. The van der Waals surface area contributed by atoms with Gasteiger partial charge in [0, 0.05) is 38.3 Å². The molecule has 1 aromatic heterocycles. The van der Waals surface area contributed by atoms with E-state index in [1.165, 1.54) is 12.1 Å². The molecule has 5 heterocycles. The molecule has 4 saturated heterocycles. The van der Waals surface area contributed by atoms with Crippen LogP contribution in [-0.4, -0.2) is 107 Å². The Morgan fingerprint density at radius 2 is 1.29 bits per heavy atom. The fraction of sp³-hybridized carbons (Fsp3) is 0.529. The fourth-order valence-corrected chi connectivity index (χ4v) is 10.2. The van der Waals surface area contributed by atoms with Gasteiger partial charge in [-0.3, -0.25) is 14.6 Å². The second-order valence-electron chi connectivity index (χ2n) is 20.5. The summed E-state index contributed by atoms with van der Waals surface area (Å²) in [4.78, 5) is 71.4. The van der Waals surface area contributed by atoms with Crippen molar-refractivity contribution in [3.05, 3.63) is 77.1 Å². The van der Waals surface area contributed by atoms with Crippen LogP contribution in [0.25, 0.3) is 11.0 Å². The Morgan fingerprint density at radius 3 is 1.94 bits per heavy atom. The summed E-state index contributed by atoms with van der Waals surface area (Å²) in [7, 11) is 0. The molecule has 16 nitrogen and oxygen atoms in total. The number of fused-ring (bicyclic) bond motifs is 1. The van der Waals surface area contributed by atoms with Crippen molar-refractivity contribution in [3.8, 4) is 0 Å². The summed E-state index contributed by atoms with van der Waals surface area (Å²) in [5.74, 6) is -0.851. The van der Waals surface area contributed by atoms with E-state index in [-0.39, 0.29) is 60.6 Å². The van der Waals surface area contributed by atoms with Crippen LogP contribution in [-0.2, 0) is 19.1 Å². The Hall–Kier alpha value is -6.46. The predicted molar refractivity (Wildman–Crippen MR) is 262 cm³/mol. The van der Waals surface area contributed by atoms with Crippen LogP contribution in [0.1, 0.15) is 134 Å². The molecule has 2 unspecified atom stereocenters. The Bertz CT molecular complexity index is 2570. The molecule has 0 radical (unpaired) electrons. The zero-order valence-corrected chi connectivity index (χ0v) is 40.6. The van der Waals surface area contributed by atoms with E-state index >= 15 is 8.78 Å². The van der Waals surface area contributed by atoms with Crippen molar-refractivity contribution < 1.29 is 37.4 Å². The number of likely N-dealkylation sites (tertiary alicyclic amines) is 2. The number of rotatable bonds is 12. The lowest BCUT2D eigenvalue weighted by molar-refractivity contribution is -0.131. The van der Waals surface area contributed by atoms with Crippen molar-refractivity contribution >= 4 is 64.5 Å². The number of hydrogen-bond acceptors (Lipinski definition) is 11. The first-order valence-electron chi connectivity index (χ1n) is 24.3. The predicted octanol–water partition coefficient (Wildman–Crippen LogP) is 9.32. The smallest absolute Gasteiger partial charge is 0.408 e. The molecule has 8 rings (SSSR count). The summed E-state index contributed by atoms with van der Waals surface area (Å²) in [5, 5.41) is 8.62. The molecule has 0 bridgehead atoms. The molecule has 18 heteroatoms. The van der Waals surface area contributed by atoms with Gasteiger partial charge < -0.3 is 50.0 Å². The normalized spacial score (nSPS) is 20.9. The maximum absolute atomic E-state index is 16.8. The van der Waals surface area contributed by atoms with Crippen LogP contribution in [0.2, 0.25) is 0 Å². The van der Waals surface area contributed by atoms with Crippen molar-refractivity contribution in [2.75, 3.05) is 54.4 Å². The second-order valence-corrected chi connectivity index (χ2v) is 20.5. The van der Waals surface area contributed by atoms with Crippen LogP contribution < -0.4 is 25.8 Å². The zero-order chi connectivity index (χ0) is 49.2. The van der Waals surface area contributed by atoms with E-state index in [2.05, 4.69) is 32.6 Å². The number of carbonyl (C=O) groups excluding carboxylic acids is 4. The molecular weight excluding hydrogens is 887 g/mol. The molecule has 0 spiro atoms. The molecule has 4 amide bonds. The maximum atomic E-state index is 16.8. The fourth-order valence-electron chi connectivity index (χ4n) is 10.2. The minimum Gasteiger partial charge on any atom is -0.444 e. The number of aromatic nitrogens is 2. The van der Waals surface area contributed by atoms with Crippen LogP contribution in [0.3, 0.4) is 0 Å². The van der Waals surface area contributed by atoms with Crippen molar-refractivity contribution in [2.24, 2.45) is 4.99 Å². The summed E-state index contributed by atoms with van der Waals surface area (Å²) in [6, 6.07) is 13.3. The minimum absolute atomic E-state index is 0.154. The third-order valence-corrected chi connectivity index (χ3v) is 13.2. The number of imidazole rings is 1. The maximum Gasteiger partial charge on any atom is 0.408 e. The van der Waals surface area contributed by atoms with E-state index in [9.17, 15) is 19.2 Å². The van der Waals surface area contributed by atoms with Gasteiger partial charge in [-0.15, -0.1) is 0 Å². The van der Waals surface area contributed by atoms with Gasteiger partial charge >= 0.3 is 12.2 Å². The summed E-state index contributed by atoms with van der Waals surface area (Å²) in [5.41, 5.74) is 3.40. The number of anilines is 3. The Kier molecular flexibility index (Phi) is 14.4. The Labute approximate surface area is 402 Å². The molecule has 3 aromatic carbocycles. The van der Waals surface area contributed by atoms with Crippen LogP contribution >= 0.6 is 0 Å². The molecule has 69 heavy (non-hydrogen) atoms. The highest BCUT2D eigenvalue weighted by Crippen LogP contribution is 2.50. The van der Waals surface area contributed by atoms with Crippen molar-refractivity contribution in [3.63, 3.8) is 0 Å². The van der Waals surface area contributed by atoms with Gasteiger partial charge in [-0.2, -0.15) is 0 Å². The van der Waals surface area contributed by atoms with E-state index in [1.54, 1.807) is 51.3 Å². The van der Waals surface area contributed by atoms with Gasteiger partial charge in [0.05, 0.1) is 51.9 Å². The number of carbonyl (C=O) groups is 4. The number of piperidine rings is 1. The number of hydrogen-bond donors (Lipinski definition) is 4. The number of H-pyrrole nitrogens is 1. The van der Waals surface area contributed by atoms with Crippen molar-refractivity contribution in [1.82, 2.24) is 30.4 Å². The molecule has 0 aliphatic carbocycles. The van der Waals surface area contributed by atoms with Crippen molar-refractivity contribution in [1.29, 1.82) is 0 Å². The first kappa shape index (κ1) is 49.0. The van der Waals surface area contributed by atoms with Gasteiger partial charge in [-0.1, -0.05) is 12.1 Å². The van der Waals surface area contributed by atoms with Gasteiger partial charge in [-0.25, -0.2) is 23.4 Å². The zero-order valence-electron chi connectivity index (χ0n) is 40.6. The van der Waals surface area contributed by atoms with E-state index in [1.807, 2.05) is 46.2 Å². The van der Waals surface area contributed by atoms with Crippen LogP contribution in [0, 0.1) is 11.6 Å². The standard InChI is InChI=1S/C51H66F2N10O6/c1-50(2,3)68-48(66)55-29-45(64)61-23-11-13-41(61)47-58-36-18-16-32(26-38(36)59-47)40-20-19-39(63(40)43-28-33(52)42(27-34(43)53)60-21-9-8-10-22-60)31-15-17-35(37(25-31)54-7)57-44-14-12-24-62(44)46(65)30-56-49(67)69-51(4,5)6/h15-18,25-28,39-41,44,57H,7-14,19-24,29-30H2,1-6H3,(H,55,66)(H,56,67)(H,58,59)/t39-,40?,41-,44?/m0/s1. The summed E-state index contributed by atoms with van der Waals surface area (Å²) in [6.45, 7) is 16.4. The van der Waals surface area contributed by atoms with Gasteiger partial charge in [-0.05, 0) is 141 Å². The van der Waals surface area contributed by atoms with Gasteiger partial charge in [0.15, 0.2) is 0 Å². The summed E-state index contributed by atoms with van der Waals surface area (Å²) >= 11 is 0. The number of nitrogens with one attached hydrogen (secondary N) is 4. The molecule has 0 saturated carbocycles. The highest BCUT2D eigenvalue weighted by molar-refractivity contribution is 5.84. The average Bonchev–Trinajstić information content (AvgIpc) is 4.14. The molecule has 4 N–H and O–H groups in total. The van der Waals surface area contributed by atoms with Gasteiger partial charge in [0.2, 0.25) is 11.8 Å². The molecule has 4 fully saturated rings. The largest absolute Gasteiger partial charge is 0.444 e. The highest BCUT2D eigenvalue weighted by Gasteiger charge is 2.39. The van der Waals surface area contributed by atoms with Crippen LogP contribution in [0.4, 0.5) is 41.1 Å². The highest BCUT2D eigenvalue weighted by atomic mass is 19.1. The first-order valence-corrected chi connectivity index (χ1v) is 24.3. The van der Waals surface area contributed by atoms with Crippen LogP contribution in [0.15, 0.2) is 53.5 Å². The van der Waals surface area contributed by atoms with Gasteiger partial charge in [0.1, 0.15) is 47.9 Å². The second kappa shape index (κ2) is 20.2. The SMILES string of the molecule is C=Nc1cc([C@@H]2CCC(c3ccc4nc([C@@H]5CCCN5C(=O)CNC(=O)OC(C)(C)C)[nH]c4c3)N2c2cc(F)c(N3CCCCC3)cc2F)ccc1NC1CCCN1C(=O)CNC(=O)OC(C)(C)C. The number of ether oxygens (including phenoxy) is 2. The lowest BCUT2D eigenvalue weighted by Crippen LogP contribution is -2.46. The van der Waals surface area contributed by atoms with Crippen LogP contribution in [0.5, 0.6) is 0 Å². The van der Waals surface area contributed by atoms with E-state index in [0.717, 1.165) is 48.7 Å². The Balaban J connectivity index is 1.05. The number of benzene rings is 3. The first-order chi connectivity index (χ1) is 32.9. The number of alkyl carbamates (subject to hydrolysis) is 2. The molecule has 4 aliphatic rings. The number of halogens is 2. The third-order valence-electron chi connectivity index (χ3n) is 13.2. The molecular formula is C51H66F2N10O6. The quantitative estimate of drug-likeness (QED) is 0.100. The lowest BCUT2D eigenvalue weighted by Gasteiger charge is -2.35. The number of nitrogens with zero attached hydrogens (tertiary/aromatic N) is 6. The van der Waals surface area contributed by atoms with E-state index in [4.69, 9.17) is 14.5 Å². The molecule has 4 aliphatic heterocycles. The van der Waals surface area contributed by atoms with E-state index < -0.39 is 35.0 Å². The Morgan fingerprint density at radius 1 is 0.710 bits per heavy atom. The third kappa shape index (κ3) is 11.4. The average molecular weight is 953 g/mol. The molecule has 370 valence electrons. The number of aromatic amines is 1. The monoisotopic (exact) mass is 953 g/mol. The lowest BCUT2D eigenvalue weighted by atomic mass is 10.0. The van der Waals surface area contributed by atoms with Gasteiger partial charge in [0.25, 0.3) is 0 Å². The summed E-state index contributed by atoms with van der Waals surface area (Å²) in [6.07, 6.45) is 5.36. The number of amides is 4. The number of aliphatic imine (C=N–C) groups is 1. The molecule has 4 atom stereocenters. The topological polar surface area (TPSA) is 177 Å². The van der Waals surface area contributed by atoms with Crippen molar-refractivity contribution in [2.45, 2.75) is 135 Å². The van der Waals surface area contributed by atoms with E-state index in [0.29, 0.717) is 74.6 Å². The molecule has 4 aromatic rings.